The van der Waals surface area contributed by atoms with Gasteiger partial charge in [-0.1, -0.05) is 231 Å². The average molecular weight is 779 g/mol. The van der Waals surface area contributed by atoms with E-state index in [-0.39, 0.29) is 0 Å². The van der Waals surface area contributed by atoms with Gasteiger partial charge in [0.15, 0.2) is 0 Å². The summed E-state index contributed by atoms with van der Waals surface area (Å²) in [6.45, 7) is 9.48. The van der Waals surface area contributed by atoms with Crippen LogP contribution >= 0.6 is 0 Å². The lowest BCUT2D eigenvalue weighted by Crippen LogP contribution is -2.18. The van der Waals surface area contributed by atoms with Crippen LogP contribution in [0.2, 0.25) is 26.2 Å². The minimum Gasteiger partial charge on any atom is -0.115 e. The van der Waals surface area contributed by atoms with Crippen LogP contribution in [0.15, 0.2) is 168 Å². The third-order valence-electron chi connectivity index (χ3n) is 9.94. The van der Waals surface area contributed by atoms with Gasteiger partial charge >= 0.3 is 0 Å². The van der Waals surface area contributed by atoms with Crippen molar-refractivity contribution in [2.45, 2.75) is 26.2 Å². The highest BCUT2D eigenvalue weighted by Crippen LogP contribution is 2.23. The van der Waals surface area contributed by atoms with E-state index in [1.165, 1.54) is 44.5 Å². The van der Waals surface area contributed by atoms with Crippen molar-refractivity contribution in [2.75, 3.05) is 0 Å². The molecular formula is C56H50Si2. The lowest BCUT2D eigenvalue weighted by molar-refractivity contribution is 1.58. The molecule has 0 saturated heterocycles. The maximum absolute atomic E-state index is 5.47. The second kappa shape index (κ2) is 19.5. The fraction of sp³-hybridized carbons (Fsp3) is 0.0714. The van der Waals surface area contributed by atoms with E-state index in [4.69, 9.17) is 12.8 Å². The van der Waals surface area contributed by atoms with Crippen molar-refractivity contribution < 1.29 is 0 Å². The van der Waals surface area contributed by atoms with Crippen molar-refractivity contribution in [1.29, 1.82) is 0 Å². The van der Waals surface area contributed by atoms with Gasteiger partial charge in [-0.3, -0.25) is 0 Å². The summed E-state index contributed by atoms with van der Waals surface area (Å²) in [5.41, 5.74) is 23.3. The lowest BCUT2D eigenvalue weighted by Gasteiger charge is -2.12. The molecule has 0 spiro atoms. The molecule has 58 heavy (non-hydrogen) atoms. The third kappa shape index (κ3) is 12.7. The Morgan fingerprint density at radius 1 is 0.293 bits per heavy atom. The molecule has 0 radical (unpaired) electrons. The molecule has 0 aliphatic heterocycles. The largest absolute Gasteiger partial charge is 0.115 e. The Balaban J connectivity index is 0.982. The Kier molecular flexibility index (Phi) is 13.7. The van der Waals surface area contributed by atoms with E-state index >= 15 is 0 Å². The fourth-order valence-electron chi connectivity index (χ4n) is 6.13. The van der Waals surface area contributed by atoms with Crippen LogP contribution in [0.25, 0.3) is 59.7 Å². The fourth-order valence-corrected chi connectivity index (χ4v) is 8.84. The molecule has 6 aromatic rings. The molecule has 0 aliphatic rings. The van der Waals surface area contributed by atoms with Crippen LogP contribution in [0.3, 0.4) is 0 Å². The number of hydrogen-bond donors (Lipinski definition) is 0. The van der Waals surface area contributed by atoms with Gasteiger partial charge in [0.25, 0.3) is 0 Å². The topological polar surface area (TPSA) is 0 Å². The van der Waals surface area contributed by atoms with E-state index < -0.39 is 16.1 Å². The Morgan fingerprint density at radius 3 is 0.707 bits per heavy atom. The Bertz CT molecular complexity index is 2350. The second-order valence-corrected chi connectivity index (χ2v) is 24.4. The minimum absolute atomic E-state index is 0.897. The molecule has 0 saturated carbocycles. The average Bonchev–Trinajstić information content (AvgIpc) is 3.26. The zero-order valence-electron chi connectivity index (χ0n) is 33.9. The molecule has 0 unspecified atom stereocenters. The molecule has 0 fully saturated rings. The van der Waals surface area contributed by atoms with E-state index in [0.29, 0.717) is 0 Å². The standard InChI is InChI=1S/C56H50Si2/c1-7-45-9-13-47(14-10-45)17-19-49-21-25-51(26-22-49)37-41-57(3,4)43-39-53-29-33-55(34-30-53)56-35-31-54(32-36-56)40-44-58(5,6)42-38-52-27-23-50(24-28-52)20-18-48-15-11-46(8-2)12-16-48/h1-2,9-44H,3-6H3/b19-17+,20-18+,41-37+,42-38+,43-39+,44-40+. The van der Waals surface area contributed by atoms with Crippen LogP contribution in [0, 0.1) is 24.7 Å². The number of terminal acetylenes is 2. The molecule has 0 bridgehead atoms. The summed E-state index contributed by atoms with van der Waals surface area (Å²) >= 11 is 0. The van der Waals surface area contributed by atoms with E-state index in [1.807, 2.05) is 48.5 Å². The van der Waals surface area contributed by atoms with Crippen molar-refractivity contribution in [3.8, 4) is 35.8 Å². The zero-order chi connectivity index (χ0) is 40.8. The van der Waals surface area contributed by atoms with Gasteiger partial charge < -0.3 is 0 Å². The normalized spacial score (nSPS) is 12.4. The molecule has 6 aromatic carbocycles. The lowest BCUT2D eigenvalue weighted by atomic mass is 10.0. The first-order chi connectivity index (χ1) is 28.0. The molecule has 0 nitrogen and oxygen atoms in total. The number of rotatable bonds is 13. The second-order valence-electron chi connectivity index (χ2n) is 15.8. The van der Waals surface area contributed by atoms with Crippen LogP contribution in [0.5, 0.6) is 0 Å². The van der Waals surface area contributed by atoms with Crippen LogP contribution in [0.4, 0.5) is 0 Å². The van der Waals surface area contributed by atoms with Gasteiger partial charge in [0.1, 0.15) is 0 Å². The van der Waals surface area contributed by atoms with Crippen molar-refractivity contribution in [3.63, 3.8) is 0 Å². The molecule has 0 atom stereocenters. The highest BCUT2D eigenvalue weighted by Gasteiger charge is 2.13. The third-order valence-corrected chi connectivity index (χ3v) is 14.0. The summed E-state index contributed by atoms with van der Waals surface area (Å²) < 4.78 is 0. The Morgan fingerprint density at radius 2 is 0.483 bits per heavy atom. The molecule has 0 aromatic heterocycles. The van der Waals surface area contributed by atoms with Crippen molar-refractivity contribution in [2.24, 2.45) is 0 Å². The van der Waals surface area contributed by atoms with E-state index in [0.717, 1.165) is 22.3 Å². The minimum atomic E-state index is -1.70. The Hall–Kier alpha value is -6.69. The smallest absolute Gasteiger partial charge is 0.0954 e. The van der Waals surface area contributed by atoms with Gasteiger partial charge in [-0.15, -0.1) is 12.8 Å². The highest BCUT2D eigenvalue weighted by atomic mass is 28.3. The maximum atomic E-state index is 5.47. The summed E-state index contributed by atoms with van der Waals surface area (Å²) in [6, 6.07) is 51.2. The predicted molar refractivity (Wildman–Crippen MR) is 262 cm³/mol. The van der Waals surface area contributed by atoms with Gasteiger partial charge in [0.05, 0.1) is 16.1 Å². The first-order valence-corrected chi connectivity index (χ1v) is 26.0. The summed E-state index contributed by atoms with van der Waals surface area (Å²) in [6.07, 6.45) is 28.5. The quantitative estimate of drug-likeness (QED) is 0.0622. The first kappa shape index (κ1) is 41.0. The van der Waals surface area contributed by atoms with Crippen LogP contribution in [-0.2, 0) is 0 Å². The molecular weight excluding hydrogens is 729 g/mol. The molecule has 0 N–H and O–H groups in total. The SMILES string of the molecule is C#Cc1ccc(/C=C/c2ccc(/C=C/[Si](C)(C)/C=C/c3ccc(-c4ccc(/C=C/[Si](C)(C)/C=C/c5ccc(/C=C/c6ccc(C#C)cc6)cc5)cc4)cc3)cc2)cc1. The number of benzene rings is 6. The van der Waals surface area contributed by atoms with Gasteiger partial charge in [-0.2, -0.15) is 0 Å². The van der Waals surface area contributed by atoms with Crippen molar-refractivity contribution in [1.82, 2.24) is 0 Å². The summed E-state index contributed by atoms with van der Waals surface area (Å²) in [5, 5.41) is 0. The van der Waals surface area contributed by atoms with Gasteiger partial charge in [-0.25, -0.2) is 0 Å². The van der Waals surface area contributed by atoms with Crippen LogP contribution in [-0.4, -0.2) is 16.1 Å². The predicted octanol–water partition coefficient (Wildman–Crippen LogP) is 14.7. The molecule has 2 heteroatoms. The molecule has 0 aliphatic carbocycles. The van der Waals surface area contributed by atoms with E-state index in [1.54, 1.807) is 0 Å². The van der Waals surface area contributed by atoms with Gasteiger partial charge in [-0.05, 0) is 79.9 Å². The zero-order valence-corrected chi connectivity index (χ0v) is 35.9. The summed E-state index contributed by atoms with van der Waals surface area (Å²) in [4.78, 5) is 0. The van der Waals surface area contributed by atoms with Gasteiger partial charge in [0, 0.05) is 11.1 Å². The van der Waals surface area contributed by atoms with Crippen molar-refractivity contribution >= 4 is 64.8 Å². The van der Waals surface area contributed by atoms with Crippen molar-refractivity contribution in [3.05, 3.63) is 224 Å². The van der Waals surface area contributed by atoms with E-state index in [2.05, 4.69) is 206 Å². The molecule has 6 rings (SSSR count). The summed E-state index contributed by atoms with van der Waals surface area (Å²) in [5.74, 6) is 5.32. The number of hydrogen-bond acceptors (Lipinski definition) is 0. The van der Waals surface area contributed by atoms with Crippen LogP contribution in [0.1, 0.15) is 55.6 Å². The first-order valence-electron chi connectivity index (χ1n) is 19.7. The monoisotopic (exact) mass is 778 g/mol. The summed E-state index contributed by atoms with van der Waals surface area (Å²) in [7, 11) is -3.40. The Labute approximate surface area is 349 Å². The highest BCUT2D eigenvalue weighted by molar-refractivity contribution is 6.88. The van der Waals surface area contributed by atoms with Crippen LogP contribution < -0.4 is 0 Å². The maximum Gasteiger partial charge on any atom is 0.0954 e. The molecule has 0 amide bonds. The van der Waals surface area contributed by atoms with E-state index in [9.17, 15) is 0 Å². The van der Waals surface area contributed by atoms with Gasteiger partial charge in [0.2, 0.25) is 0 Å². The molecule has 0 heterocycles. The molecule has 282 valence electrons.